The highest BCUT2D eigenvalue weighted by Crippen LogP contribution is 2.13. The monoisotopic (exact) mass is 322 g/mol. The summed E-state index contributed by atoms with van der Waals surface area (Å²) in [4.78, 5) is 13.9. The maximum atomic E-state index is 11.6. The van der Waals surface area contributed by atoms with E-state index < -0.39 is 11.6 Å². The third-order valence-corrected chi connectivity index (χ3v) is 3.59. The van der Waals surface area contributed by atoms with E-state index in [1.54, 1.807) is 6.07 Å². The number of benzene rings is 1. The van der Waals surface area contributed by atoms with Crippen LogP contribution in [0.15, 0.2) is 35.5 Å². The second kappa shape index (κ2) is 9.03. The van der Waals surface area contributed by atoms with Crippen molar-refractivity contribution in [1.29, 1.82) is 5.26 Å². The zero-order valence-electron chi connectivity index (χ0n) is 12.1. The van der Waals surface area contributed by atoms with Gasteiger partial charge in [0.1, 0.15) is 6.07 Å². The number of hydrogen-bond acceptors (Lipinski definition) is 5. The van der Waals surface area contributed by atoms with Gasteiger partial charge in [-0.1, -0.05) is 35.5 Å². The molecule has 1 saturated heterocycles. The molecule has 118 valence electrons. The molecule has 1 aliphatic rings. The van der Waals surface area contributed by atoms with E-state index in [1.807, 2.05) is 18.2 Å². The Morgan fingerprint density at radius 3 is 2.55 bits per heavy atom. The second-order valence-corrected chi connectivity index (χ2v) is 5.07. The van der Waals surface area contributed by atoms with Gasteiger partial charge >= 0.3 is 0 Å². The van der Waals surface area contributed by atoms with Gasteiger partial charge in [0.25, 0.3) is 5.91 Å². The molecule has 2 N–H and O–H groups in total. The van der Waals surface area contributed by atoms with Crippen LogP contribution in [0.5, 0.6) is 0 Å². The lowest BCUT2D eigenvalue weighted by atomic mass is 10.0. The minimum absolute atomic E-state index is 0. The van der Waals surface area contributed by atoms with Gasteiger partial charge < -0.3 is 10.5 Å². The molecule has 1 aromatic rings. The number of carbonyl (C=O) groups excluding carboxylic acids is 1. The standard InChI is InChI=1S/C15H18N4O2.ClH/c16-10-14(18-21)15(20)17-13-6-8-19(9-7-13)11-12-4-2-1-3-5-12;/h1-5,13,21H,6-9,11H2,(H,17,20);1H/b18-14+;. The molecule has 0 aromatic heterocycles. The lowest BCUT2D eigenvalue weighted by Crippen LogP contribution is -2.46. The summed E-state index contributed by atoms with van der Waals surface area (Å²) in [5.41, 5.74) is 0.779. The third-order valence-electron chi connectivity index (χ3n) is 3.59. The smallest absolute Gasteiger partial charge is 0.284 e. The Kier molecular flexibility index (Phi) is 7.37. The van der Waals surface area contributed by atoms with Crippen molar-refractivity contribution in [1.82, 2.24) is 10.2 Å². The highest BCUT2D eigenvalue weighted by atomic mass is 35.5. The molecule has 1 fully saturated rings. The summed E-state index contributed by atoms with van der Waals surface area (Å²) < 4.78 is 0. The van der Waals surface area contributed by atoms with Gasteiger partial charge in [-0.3, -0.25) is 9.69 Å². The lowest BCUT2D eigenvalue weighted by Gasteiger charge is -2.32. The Morgan fingerprint density at radius 1 is 1.36 bits per heavy atom. The van der Waals surface area contributed by atoms with E-state index in [0.717, 1.165) is 32.5 Å². The van der Waals surface area contributed by atoms with Crippen LogP contribution in [0, 0.1) is 11.3 Å². The van der Waals surface area contributed by atoms with Crippen molar-refractivity contribution in [2.75, 3.05) is 13.1 Å². The van der Waals surface area contributed by atoms with Crippen LogP contribution in [-0.4, -0.2) is 40.9 Å². The molecule has 22 heavy (non-hydrogen) atoms. The highest BCUT2D eigenvalue weighted by molar-refractivity contribution is 6.45. The van der Waals surface area contributed by atoms with Crippen LogP contribution in [0.2, 0.25) is 0 Å². The number of nitrogens with one attached hydrogen (secondary N) is 1. The van der Waals surface area contributed by atoms with E-state index in [-0.39, 0.29) is 18.4 Å². The highest BCUT2D eigenvalue weighted by Gasteiger charge is 2.22. The zero-order valence-corrected chi connectivity index (χ0v) is 12.9. The molecule has 0 unspecified atom stereocenters. The third kappa shape index (κ3) is 5.02. The number of piperidine rings is 1. The molecule has 1 aliphatic heterocycles. The van der Waals surface area contributed by atoms with Gasteiger partial charge in [0.15, 0.2) is 0 Å². The number of amides is 1. The summed E-state index contributed by atoms with van der Waals surface area (Å²) in [6.07, 6.45) is 1.64. The van der Waals surface area contributed by atoms with Gasteiger partial charge in [-0.05, 0) is 18.4 Å². The van der Waals surface area contributed by atoms with Gasteiger partial charge in [0.2, 0.25) is 5.71 Å². The van der Waals surface area contributed by atoms with Crippen LogP contribution >= 0.6 is 12.4 Å². The molecule has 1 amide bonds. The summed E-state index contributed by atoms with van der Waals surface area (Å²) in [5, 5.41) is 22.6. The van der Waals surface area contributed by atoms with Gasteiger partial charge in [0, 0.05) is 25.7 Å². The summed E-state index contributed by atoms with van der Waals surface area (Å²) >= 11 is 0. The van der Waals surface area contributed by atoms with Gasteiger partial charge in [0.05, 0.1) is 0 Å². The Hall–Kier alpha value is -2.10. The molecule has 0 saturated carbocycles. The number of nitriles is 1. The predicted molar refractivity (Wildman–Crippen MR) is 85.0 cm³/mol. The largest absolute Gasteiger partial charge is 0.410 e. The van der Waals surface area contributed by atoms with Crippen LogP contribution in [0.1, 0.15) is 18.4 Å². The lowest BCUT2D eigenvalue weighted by molar-refractivity contribution is -0.115. The van der Waals surface area contributed by atoms with Crippen LogP contribution in [-0.2, 0) is 11.3 Å². The molecule has 2 rings (SSSR count). The SMILES string of the molecule is Cl.N#C/C(=N\O)C(=O)NC1CCN(Cc2ccccc2)CC1. The van der Waals surface area contributed by atoms with Gasteiger partial charge in [-0.15, -0.1) is 12.4 Å². The fraction of sp³-hybridized carbons (Fsp3) is 0.400. The number of likely N-dealkylation sites (tertiary alicyclic amines) is 1. The summed E-state index contributed by atoms with van der Waals surface area (Å²) in [7, 11) is 0. The van der Waals surface area contributed by atoms with Crippen molar-refractivity contribution in [2.45, 2.75) is 25.4 Å². The van der Waals surface area contributed by atoms with Gasteiger partial charge in [-0.25, -0.2) is 0 Å². The van der Waals surface area contributed by atoms with Crippen LogP contribution in [0.3, 0.4) is 0 Å². The van der Waals surface area contributed by atoms with E-state index in [9.17, 15) is 4.79 Å². The number of hydrogen-bond donors (Lipinski definition) is 2. The first-order chi connectivity index (χ1) is 10.2. The number of rotatable bonds is 4. The van der Waals surface area contributed by atoms with Crippen molar-refractivity contribution < 1.29 is 10.0 Å². The Bertz CT molecular complexity index is 548. The maximum absolute atomic E-state index is 11.6. The van der Waals surface area contributed by atoms with Crippen LogP contribution < -0.4 is 5.32 Å². The minimum atomic E-state index is -0.610. The molecule has 1 aromatic carbocycles. The number of halogens is 1. The average Bonchev–Trinajstić information content (AvgIpc) is 2.51. The number of oxime groups is 1. The zero-order chi connectivity index (χ0) is 15.1. The van der Waals surface area contributed by atoms with E-state index in [4.69, 9.17) is 10.5 Å². The van der Waals surface area contributed by atoms with Crippen LogP contribution in [0.4, 0.5) is 0 Å². The summed E-state index contributed by atoms with van der Waals surface area (Å²) in [5.74, 6) is -0.610. The molecule has 7 heteroatoms. The number of nitrogens with zero attached hydrogens (tertiary/aromatic N) is 3. The van der Waals surface area contributed by atoms with Crippen molar-refractivity contribution in [3.8, 4) is 6.07 Å². The molecule has 0 atom stereocenters. The van der Waals surface area contributed by atoms with Crippen molar-refractivity contribution in [2.24, 2.45) is 5.16 Å². The molecule has 0 spiro atoms. The van der Waals surface area contributed by atoms with Crippen molar-refractivity contribution in [3.05, 3.63) is 35.9 Å². The van der Waals surface area contributed by atoms with E-state index in [2.05, 4.69) is 27.5 Å². The predicted octanol–water partition coefficient (Wildman–Crippen LogP) is 1.54. The molecule has 0 aliphatic carbocycles. The molecular formula is C15H19ClN4O2. The Morgan fingerprint density at radius 2 is 2.00 bits per heavy atom. The van der Waals surface area contributed by atoms with Crippen molar-refractivity contribution in [3.63, 3.8) is 0 Å². The number of carbonyl (C=O) groups is 1. The van der Waals surface area contributed by atoms with Gasteiger partial charge in [-0.2, -0.15) is 5.26 Å². The van der Waals surface area contributed by atoms with Crippen LogP contribution in [0.25, 0.3) is 0 Å². The first-order valence-electron chi connectivity index (χ1n) is 6.92. The Labute approximate surface area is 135 Å². The Balaban J connectivity index is 0.00000242. The maximum Gasteiger partial charge on any atom is 0.284 e. The summed E-state index contributed by atoms with van der Waals surface area (Å²) in [6, 6.07) is 11.8. The van der Waals surface area contributed by atoms with E-state index in [0.29, 0.717) is 0 Å². The fourth-order valence-corrected chi connectivity index (χ4v) is 2.45. The molecule has 6 nitrogen and oxygen atoms in total. The molecular weight excluding hydrogens is 304 g/mol. The summed E-state index contributed by atoms with van der Waals surface area (Å²) in [6.45, 7) is 2.68. The minimum Gasteiger partial charge on any atom is -0.410 e. The first kappa shape index (κ1) is 18.0. The topological polar surface area (TPSA) is 88.7 Å². The van der Waals surface area contributed by atoms with E-state index in [1.165, 1.54) is 5.56 Å². The quantitative estimate of drug-likeness (QED) is 0.500. The average molecular weight is 323 g/mol. The molecule has 1 heterocycles. The van der Waals surface area contributed by atoms with Crippen molar-refractivity contribution >= 4 is 24.0 Å². The first-order valence-corrected chi connectivity index (χ1v) is 6.92. The fourth-order valence-electron chi connectivity index (χ4n) is 2.45. The normalized spacial score (nSPS) is 16.4. The van der Waals surface area contributed by atoms with E-state index >= 15 is 0 Å². The molecule has 0 bridgehead atoms. The second-order valence-electron chi connectivity index (χ2n) is 5.07. The molecule has 0 radical (unpaired) electrons.